The Morgan fingerprint density at radius 2 is 1.84 bits per heavy atom. The molecule has 2 aromatic rings. The van der Waals surface area contributed by atoms with Crippen LogP contribution in [0.2, 0.25) is 5.02 Å². The molecule has 0 amide bonds. The maximum absolute atomic E-state index is 15.1. The maximum Gasteiger partial charge on any atom is 0.328 e. The molecular formula is C26H21ClF2O3. The molecule has 2 rings (SSSR count). The summed E-state index contributed by atoms with van der Waals surface area (Å²) in [7, 11) is 0. The van der Waals surface area contributed by atoms with Gasteiger partial charge in [-0.15, -0.1) is 6.42 Å². The highest BCUT2D eigenvalue weighted by Gasteiger charge is 2.16. The van der Waals surface area contributed by atoms with Crippen molar-refractivity contribution in [2.45, 2.75) is 19.8 Å². The van der Waals surface area contributed by atoms with Crippen LogP contribution in [0.25, 0.3) is 11.1 Å². The Kier molecular flexibility index (Phi) is 9.00. The van der Waals surface area contributed by atoms with Crippen LogP contribution in [0.5, 0.6) is 5.75 Å². The number of halogens is 3. The van der Waals surface area contributed by atoms with Crippen LogP contribution in [0, 0.1) is 18.2 Å². The zero-order valence-electron chi connectivity index (χ0n) is 17.3. The molecule has 2 aromatic carbocycles. The van der Waals surface area contributed by atoms with Crippen molar-refractivity contribution < 1.29 is 23.8 Å². The molecule has 0 aliphatic rings. The Balaban J connectivity index is 2.62. The van der Waals surface area contributed by atoms with Crippen LogP contribution in [-0.4, -0.2) is 16.2 Å². The summed E-state index contributed by atoms with van der Waals surface area (Å²) >= 11 is 6.27. The van der Waals surface area contributed by atoms with E-state index in [1.807, 2.05) is 6.92 Å². The van der Waals surface area contributed by atoms with Gasteiger partial charge in [0.2, 0.25) is 0 Å². The zero-order valence-corrected chi connectivity index (χ0v) is 18.0. The highest BCUT2D eigenvalue weighted by molar-refractivity contribution is 6.32. The largest absolute Gasteiger partial charge is 0.508 e. The SMILES string of the molecule is C#C/C=C(/C=C/C(=O)O)\C=C(\F)C/C(=C(/CC)c1ccc(F)cc1Cl)c1ccc(O)cc1. The molecule has 0 aliphatic heterocycles. The second-order valence-electron chi connectivity index (χ2n) is 6.73. The highest BCUT2D eigenvalue weighted by atomic mass is 35.5. The number of benzene rings is 2. The predicted octanol–water partition coefficient (Wildman–Crippen LogP) is 6.95. The van der Waals surface area contributed by atoms with Gasteiger partial charge in [0.1, 0.15) is 17.4 Å². The number of hydrogen-bond acceptors (Lipinski definition) is 2. The Morgan fingerprint density at radius 3 is 2.41 bits per heavy atom. The van der Waals surface area contributed by atoms with Crippen molar-refractivity contribution in [3.63, 3.8) is 0 Å². The van der Waals surface area contributed by atoms with Crippen LogP contribution >= 0.6 is 11.6 Å². The van der Waals surface area contributed by atoms with E-state index in [2.05, 4.69) is 5.92 Å². The molecule has 0 aromatic heterocycles. The fraction of sp³-hybridized carbons (Fsp3) is 0.115. The van der Waals surface area contributed by atoms with Crippen molar-refractivity contribution in [2.75, 3.05) is 0 Å². The molecule has 0 radical (unpaired) electrons. The third kappa shape index (κ3) is 6.97. The van der Waals surface area contributed by atoms with Crippen LogP contribution in [0.1, 0.15) is 30.9 Å². The normalized spacial score (nSPS) is 13.1. The third-order valence-corrected chi connectivity index (χ3v) is 4.84. The molecule has 0 heterocycles. The molecule has 0 bridgehead atoms. The first-order valence-electron chi connectivity index (χ1n) is 9.65. The summed E-state index contributed by atoms with van der Waals surface area (Å²) in [6, 6.07) is 10.3. The Labute approximate surface area is 190 Å². The molecule has 0 spiro atoms. The molecule has 164 valence electrons. The van der Waals surface area contributed by atoms with Gasteiger partial charge in [-0.2, -0.15) is 0 Å². The van der Waals surface area contributed by atoms with Gasteiger partial charge in [-0.05, 0) is 76.8 Å². The van der Waals surface area contributed by atoms with Gasteiger partial charge in [0.25, 0.3) is 0 Å². The summed E-state index contributed by atoms with van der Waals surface area (Å²) in [6.07, 6.45) is 10.0. The third-order valence-electron chi connectivity index (χ3n) is 4.53. The molecule has 0 unspecified atom stereocenters. The number of rotatable bonds is 8. The minimum atomic E-state index is -1.19. The maximum atomic E-state index is 15.1. The molecule has 0 aliphatic carbocycles. The standard InChI is InChI=1S/C26H21ClF2O3/c1-3-5-17(6-13-26(31)32)14-20(29)15-24(18-7-10-21(30)11-8-18)22(4-2)23-12-9-19(28)16-25(23)27/h1,5-14,16,30H,4,15H2,2H3,(H,31,32)/b13-6+,17-5-,20-14+,24-22+. The Hall–Kier alpha value is -3.62. The lowest BCUT2D eigenvalue weighted by atomic mass is 9.90. The minimum absolute atomic E-state index is 0.0556. The van der Waals surface area contributed by atoms with E-state index in [-0.39, 0.29) is 22.8 Å². The number of carbonyl (C=O) groups is 1. The van der Waals surface area contributed by atoms with Crippen LogP contribution in [-0.2, 0) is 4.79 Å². The average Bonchev–Trinajstić information content (AvgIpc) is 2.74. The van der Waals surface area contributed by atoms with Crippen LogP contribution in [0.15, 0.2) is 78.2 Å². The van der Waals surface area contributed by atoms with Gasteiger partial charge in [0, 0.05) is 12.5 Å². The predicted molar refractivity (Wildman–Crippen MR) is 124 cm³/mol. The lowest BCUT2D eigenvalue weighted by Gasteiger charge is -2.16. The van der Waals surface area contributed by atoms with Gasteiger partial charge in [-0.1, -0.05) is 42.6 Å². The summed E-state index contributed by atoms with van der Waals surface area (Å²) in [4.78, 5) is 10.8. The number of aliphatic carboxylic acids is 1. The topological polar surface area (TPSA) is 57.5 Å². The number of aromatic hydroxyl groups is 1. The van der Waals surface area contributed by atoms with Gasteiger partial charge in [0.15, 0.2) is 0 Å². The fourth-order valence-corrected chi connectivity index (χ4v) is 3.43. The summed E-state index contributed by atoms with van der Waals surface area (Å²) in [5.74, 6) is 0.0562. The molecule has 6 heteroatoms. The van der Waals surface area contributed by atoms with E-state index in [0.717, 1.165) is 12.2 Å². The van der Waals surface area contributed by atoms with Crippen molar-refractivity contribution in [2.24, 2.45) is 0 Å². The van der Waals surface area contributed by atoms with E-state index in [1.165, 1.54) is 42.5 Å². The Bertz CT molecular complexity index is 1150. The molecular weight excluding hydrogens is 434 g/mol. The van der Waals surface area contributed by atoms with E-state index in [9.17, 15) is 14.3 Å². The minimum Gasteiger partial charge on any atom is -0.508 e. The number of carboxylic acids is 1. The molecule has 0 atom stereocenters. The number of phenols is 1. The quantitative estimate of drug-likeness (QED) is 0.196. The molecule has 32 heavy (non-hydrogen) atoms. The second-order valence-corrected chi connectivity index (χ2v) is 7.14. The van der Waals surface area contributed by atoms with Crippen molar-refractivity contribution in [3.05, 3.63) is 100 Å². The van der Waals surface area contributed by atoms with E-state index in [4.69, 9.17) is 23.1 Å². The number of carboxylic acid groups (broad SMARTS) is 1. The number of hydrogen-bond donors (Lipinski definition) is 2. The fourth-order valence-electron chi connectivity index (χ4n) is 3.15. The second kappa shape index (κ2) is 11.7. The van der Waals surface area contributed by atoms with Crippen molar-refractivity contribution in [1.82, 2.24) is 0 Å². The van der Waals surface area contributed by atoms with E-state index >= 15 is 4.39 Å². The first-order chi connectivity index (χ1) is 15.2. The lowest BCUT2D eigenvalue weighted by Crippen LogP contribution is -1.95. The number of phenolic OH excluding ortho intramolecular Hbond substituents is 1. The van der Waals surface area contributed by atoms with Crippen LogP contribution in [0.3, 0.4) is 0 Å². The van der Waals surface area contributed by atoms with E-state index < -0.39 is 17.6 Å². The van der Waals surface area contributed by atoms with E-state index in [1.54, 1.807) is 12.1 Å². The summed E-state index contributed by atoms with van der Waals surface area (Å²) in [6.45, 7) is 1.87. The molecule has 0 fully saturated rings. The zero-order chi connectivity index (χ0) is 23.7. The molecule has 2 N–H and O–H groups in total. The molecule has 3 nitrogen and oxygen atoms in total. The van der Waals surface area contributed by atoms with Crippen molar-refractivity contribution in [3.8, 4) is 18.1 Å². The van der Waals surface area contributed by atoms with Crippen molar-refractivity contribution in [1.29, 1.82) is 0 Å². The summed E-state index contributed by atoms with van der Waals surface area (Å²) < 4.78 is 28.7. The van der Waals surface area contributed by atoms with Crippen LogP contribution < -0.4 is 0 Å². The van der Waals surface area contributed by atoms with E-state index in [0.29, 0.717) is 28.7 Å². The molecule has 0 saturated carbocycles. The summed E-state index contributed by atoms with van der Waals surface area (Å²) in [5, 5.41) is 18.6. The number of terminal acetylenes is 1. The monoisotopic (exact) mass is 454 g/mol. The molecule has 0 saturated heterocycles. The average molecular weight is 455 g/mol. The van der Waals surface area contributed by atoms with Gasteiger partial charge >= 0.3 is 5.97 Å². The first kappa shape index (κ1) is 24.6. The number of allylic oxidation sites excluding steroid dienone is 7. The van der Waals surface area contributed by atoms with Gasteiger partial charge in [-0.25, -0.2) is 13.6 Å². The first-order valence-corrected chi connectivity index (χ1v) is 10.0. The smallest absolute Gasteiger partial charge is 0.328 e. The van der Waals surface area contributed by atoms with Gasteiger partial charge in [-0.3, -0.25) is 0 Å². The lowest BCUT2D eigenvalue weighted by molar-refractivity contribution is -0.131. The van der Waals surface area contributed by atoms with Gasteiger partial charge in [0.05, 0.1) is 5.02 Å². The van der Waals surface area contributed by atoms with Crippen LogP contribution in [0.4, 0.5) is 8.78 Å². The Morgan fingerprint density at radius 1 is 1.16 bits per heavy atom. The van der Waals surface area contributed by atoms with Gasteiger partial charge < -0.3 is 10.2 Å². The van der Waals surface area contributed by atoms with Crippen molar-refractivity contribution >= 4 is 28.7 Å². The highest BCUT2D eigenvalue weighted by Crippen LogP contribution is 2.37. The summed E-state index contributed by atoms with van der Waals surface area (Å²) in [5.41, 5.74) is 2.70.